The van der Waals surface area contributed by atoms with E-state index in [1.54, 1.807) is 32.4 Å². The van der Waals surface area contributed by atoms with Crippen LogP contribution in [0, 0.1) is 0 Å². The zero-order valence-corrected chi connectivity index (χ0v) is 17.0. The van der Waals surface area contributed by atoms with Gasteiger partial charge in [-0.25, -0.2) is 0 Å². The third-order valence-electron chi connectivity index (χ3n) is 4.28. The van der Waals surface area contributed by atoms with E-state index in [4.69, 9.17) is 14.2 Å². The van der Waals surface area contributed by atoms with Crippen LogP contribution < -0.4 is 24.8 Å². The molecule has 0 spiro atoms. The second-order valence-electron chi connectivity index (χ2n) is 6.47. The van der Waals surface area contributed by atoms with Crippen LogP contribution in [0.25, 0.3) is 0 Å². The molecule has 0 aliphatic heterocycles. The first-order valence-corrected chi connectivity index (χ1v) is 9.66. The van der Waals surface area contributed by atoms with Crippen LogP contribution in [0.1, 0.15) is 16.8 Å². The van der Waals surface area contributed by atoms with Gasteiger partial charge >= 0.3 is 0 Å². The average molecular weight is 402 g/mol. The lowest BCUT2D eigenvalue weighted by Crippen LogP contribution is -2.35. The Hall–Kier alpha value is -2.61. The molecule has 0 aliphatic carbocycles. The van der Waals surface area contributed by atoms with Crippen molar-refractivity contribution in [3.05, 3.63) is 54.1 Å². The number of para-hydroxylation sites is 1. The summed E-state index contributed by atoms with van der Waals surface area (Å²) in [4.78, 5) is 12.3. The van der Waals surface area contributed by atoms with Crippen LogP contribution in [-0.2, 0) is 0 Å². The van der Waals surface area contributed by atoms with E-state index < -0.39 is 6.10 Å². The maximum atomic E-state index is 12.3. The van der Waals surface area contributed by atoms with Gasteiger partial charge in [-0.3, -0.25) is 4.79 Å². The Morgan fingerprint density at radius 2 is 1.69 bits per heavy atom. The number of benzene rings is 2. The average Bonchev–Trinajstić information content (AvgIpc) is 2.77. The van der Waals surface area contributed by atoms with Gasteiger partial charge in [0.05, 0.1) is 14.2 Å². The van der Waals surface area contributed by atoms with E-state index in [2.05, 4.69) is 10.6 Å². The van der Waals surface area contributed by atoms with E-state index in [0.717, 1.165) is 5.75 Å². The number of rotatable bonds is 14. The highest BCUT2D eigenvalue weighted by Crippen LogP contribution is 2.27. The molecule has 2 aromatic rings. The van der Waals surface area contributed by atoms with E-state index >= 15 is 0 Å². The van der Waals surface area contributed by atoms with Gasteiger partial charge in [0.15, 0.2) is 17.3 Å². The number of hydrogen-bond donors (Lipinski definition) is 3. The molecule has 7 heteroatoms. The third-order valence-corrected chi connectivity index (χ3v) is 4.28. The van der Waals surface area contributed by atoms with Crippen molar-refractivity contribution < 1.29 is 24.1 Å². The van der Waals surface area contributed by atoms with Crippen LogP contribution in [0.4, 0.5) is 0 Å². The fourth-order valence-corrected chi connectivity index (χ4v) is 2.69. The molecule has 0 aromatic heterocycles. The van der Waals surface area contributed by atoms with Crippen LogP contribution in [0.5, 0.6) is 17.2 Å². The Labute approximate surface area is 172 Å². The van der Waals surface area contributed by atoms with Crippen molar-refractivity contribution in [1.29, 1.82) is 0 Å². The fourth-order valence-electron chi connectivity index (χ4n) is 2.69. The first-order valence-electron chi connectivity index (χ1n) is 9.66. The van der Waals surface area contributed by atoms with Crippen LogP contribution in [0.2, 0.25) is 0 Å². The molecule has 2 rings (SSSR count). The predicted molar refractivity (Wildman–Crippen MR) is 112 cm³/mol. The highest BCUT2D eigenvalue weighted by atomic mass is 16.5. The number of ether oxygens (including phenoxy) is 3. The summed E-state index contributed by atoms with van der Waals surface area (Å²) in [5.41, 5.74) is 0.601. The summed E-state index contributed by atoms with van der Waals surface area (Å²) in [6.45, 7) is 2.65. The van der Waals surface area contributed by atoms with Crippen molar-refractivity contribution in [2.45, 2.75) is 12.5 Å². The molecule has 29 heavy (non-hydrogen) atoms. The van der Waals surface area contributed by atoms with Gasteiger partial charge in [-0.05, 0) is 30.3 Å². The molecule has 0 saturated carbocycles. The van der Waals surface area contributed by atoms with Crippen LogP contribution in [0.15, 0.2) is 48.5 Å². The first-order chi connectivity index (χ1) is 14.1. The minimum Gasteiger partial charge on any atom is -0.493 e. The number of Topliss-reactive ketones (excluding diaryl/α,β-unsaturated/α-hetero) is 1. The first kappa shape index (κ1) is 22.7. The standard InChI is InChI=1S/C22H30N2O5/c1-27-21-9-8-17(14-22(21)28-2)20(26)10-11-23-12-13-24-15-18(25)16-29-19-6-4-3-5-7-19/h3-9,14,18,23-25H,10-13,15-16H2,1-2H3. The molecule has 0 radical (unpaired) electrons. The maximum absolute atomic E-state index is 12.3. The predicted octanol–water partition coefficient (Wildman–Crippen LogP) is 1.90. The van der Waals surface area contributed by atoms with E-state index in [-0.39, 0.29) is 12.4 Å². The number of hydrogen-bond acceptors (Lipinski definition) is 7. The number of methoxy groups -OCH3 is 2. The summed E-state index contributed by atoms with van der Waals surface area (Å²) in [5.74, 6) is 1.93. The van der Waals surface area contributed by atoms with Gasteiger partial charge in [0.25, 0.3) is 0 Å². The number of carbonyl (C=O) groups is 1. The Kier molecular flexibility index (Phi) is 9.99. The van der Waals surface area contributed by atoms with E-state index in [0.29, 0.717) is 49.7 Å². The molecular formula is C22H30N2O5. The molecule has 0 fully saturated rings. The normalized spacial score (nSPS) is 11.7. The molecule has 0 heterocycles. The Morgan fingerprint density at radius 1 is 0.966 bits per heavy atom. The number of carbonyl (C=O) groups excluding carboxylic acids is 1. The highest BCUT2D eigenvalue weighted by molar-refractivity contribution is 5.96. The van der Waals surface area contributed by atoms with Crippen molar-refractivity contribution in [3.8, 4) is 17.2 Å². The van der Waals surface area contributed by atoms with Gasteiger partial charge in [-0.2, -0.15) is 0 Å². The van der Waals surface area contributed by atoms with E-state index in [1.165, 1.54) is 0 Å². The van der Waals surface area contributed by atoms with Crippen molar-refractivity contribution in [2.24, 2.45) is 0 Å². The third kappa shape index (κ3) is 8.11. The zero-order valence-electron chi connectivity index (χ0n) is 17.0. The van der Waals surface area contributed by atoms with Crippen molar-refractivity contribution >= 4 is 5.78 Å². The molecule has 1 unspecified atom stereocenters. The number of aliphatic hydroxyl groups is 1. The summed E-state index contributed by atoms with van der Waals surface area (Å²) in [7, 11) is 3.11. The summed E-state index contributed by atoms with van der Waals surface area (Å²) in [5, 5.41) is 16.3. The van der Waals surface area contributed by atoms with Crippen LogP contribution in [0.3, 0.4) is 0 Å². The molecule has 0 bridgehead atoms. The lowest BCUT2D eigenvalue weighted by molar-refractivity contribution is 0.0982. The van der Waals surface area contributed by atoms with Crippen LogP contribution >= 0.6 is 0 Å². The monoisotopic (exact) mass is 402 g/mol. The number of ketones is 1. The lowest BCUT2D eigenvalue weighted by Gasteiger charge is -2.13. The summed E-state index contributed by atoms with van der Waals surface area (Å²) < 4.78 is 15.9. The van der Waals surface area contributed by atoms with E-state index in [1.807, 2.05) is 30.3 Å². The summed E-state index contributed by atoms with van der Waals surface area (Å²) in [6.07, 6.45) is -0.190. The molecule has 0 saturated heterocycles. The zero-order chi connectivity index (χ0) is 20.9. The molecule has 7 nitrogen and oxygen atoms in total. The van der Waals surface area contributed by atoms with Crippen LogP contribution in [-0.4, -0.2) is 64.0 Å². The minimum absolute atomic E-state index is 0.0416. The van der Waals surface area contributed by atoms with Gasteiger partial charge in [-0.15, -0.1) is 0 Å². The van der Waals surface area contributed by atoms with Crippen molar-refractivity contribution in [3.63, 3.8) is 0 Å². The quantitative estimate of drug-likeness (QED) is 0.328. The fraction of sp³-hybridized carbons (Fsp3) is 0.409. The van der Waals surface area contributed by atoms with Gasteiger partial charge in [-0.1, -0.05) is 18.2 Å². The smallest absolute Gasteiger partial charge is 0.164 e. The maximum Gasteiger partial charge on any atom is 0.164 e. The SMILES string of the molecule is COc1ccc(C(=O)CCNCCNCC(O)COc2ccccc2)cc1OC. The molecule has 0 aliphatic rings. The summed E-state index contributed by atoms with van der Waals surface area (Å²) >= 11 is 0. The summed E-state index contributed by atoms with van der Waals surface area (Å²) in [6, 6.07) is 14.6. The Bertz CT molecular complexity index is 739. The molecule has 2 aromatic carbocycles. The molecule has 3 N–H and O–H groups in total. The van der Waals surface area contributed by atoms with Gasteiger partial charge < -0.3 is 30.0 Å². The topological polar surface area (TPSA) is 89.1 Å². The highest BCUT2D eigenvalue weighted by Gasteiger charge is 2.10. The van der Waals surface area contributed by atoms with Gasteiger partial charge in [0.2, 0.25) is 0 Å². The van der Waals surface area contributed by atoms with Crippen molar-refractivity contribution in [1.82, 2.24) is 10.6 Å². The largest absolute Gasteiger partial charge is 0.493 e. The molecule has 158 valence electrons. The lowest BCUT2D eigenvalue weighted by atomic mass is 10.1. The second-order valence-corrected chi connectivity index (χ2v) is 6.47. The molecular weight excluding hydrogens is 372 g/mol. The molecule has 0 amide bonds. The Morgan fingerprint density at radius 3 is 2.41 bits per heavy atom. The minimum atomic E-state index is -0.582. The second kappa shape index (κ2) is 12.8. The van der Waals surface area contributed by atoms with Crippen molar-refractivity contribution in [2.75, 3.05) is 47.0 Å². The number of aliphatic hydroxyl groups excluding tert-OH is 1. The molecule has 1 atom stereocenters. The van der Waals surface area contributed by atoms with E-state index in [9.17, 15) is 9.90 Å². The van der Waals surface area contributed by atoms with Gasteiger partial charge in [0, 0.05) is 38.2 Å². The van der Waals surface area contributed by atoms with Gasteiger partial charge in [0.1, 0.15) is 18.5 Å². The number of nitrogens with one attached hydrogen (secondary N) is 2. The Balaban J connectivity index is 1.55.